The van der Waals surface area contributed by atoms with Crippen LogP contribution < -0.4 is 10.0 Å². The molecule has 9 heteroatoms. The van der Waals surface area contributed by atoms with Crippen LogP contribution in [0.15, 0.2) is 42.6 Å². The van der Waals surface area contributed by atoms with Gasteiger partial charge in [-0.3, -0.25) is 14.7 Å². The molecule has 4 rings (SSSR count). The highest BCUT2D eigenvalue weighted by molar-refractivity contribution is 7.90. The van der Waals surface area contributed by atoms with Crippen molar-refractivity contribution in [2.75, 3.05) is 37.2 Å². The molecule has 166 valence electrons. The van der Waals surface area contributed by atoms with Crippen molar-refractivity contribution in [2.24, 2.45) is 0 Å². The average Bonchev–Trinajstić information content (AvgIpc) is 3.18. The molecule has 0 spiro atoms. The first kappa shape index (κ1) is 21.6. The standard InChI is InChI=1S/C22H30N6O2S/c1-16-6-7-17(22(11-16)26-31(29,30)27(2)3)14-28-10-4-5-20(15-28)24-19-8-9-21-18(12-19)13-23-25-21/h6-9,11-13,20,24,26H,4-5,10,14-15H2,1-3H3,(H,23,25)/t20-/m0/s1. The Kier molecular flexibility index (Phi) is 6.17. The molecule has 2 heterocycles. The molecule has 3 N–H and O–H groups in total. The number of anilines is 2. The molecule has 1 aromatic heterocycles. The number of aryl methyl sites for hydroxylation is 1. The molecule has 1 aliphatic heterocycles. The zero-order chi connectivity index (χ0) is 22.0. The molecule has 0 aliphatic carbocycles. The average molecular weight is 443 g/mol. The van der Waals surface area contributed by atoms with Gasteiger partial charge >= 0.3 is 10.2 Å². The van der Waals surface area contributed by atoms with Crippen LogP contribution >= 0.6 is 0 Å². The molecule has 0 amide bonds. The second kappa shape index (κ2) is 8.86. The highest BCUT2D eigenvalue weighted by Crippen LogP contribution is 2.25. The summed E-state index contributed by atoms with van der Waals surface area (Å²) in [5.74, 6) is 0. The van der Waals surface area contributed by atoms with Crippen molar-refractivity contribution in [2.45, 2.75) is 32.4 Å². The zero-order valence-electron chi connectivity index (χ0n) is 18.2. The predicted octanol–water partition coefficient (Wildman–Crippen LogP) is 3.17. The van der Waals surface area contributed by atoms with Gasteiger partial charge in [-0.1, -0.05) is 12.1 Å². The molecule has 8 nitrogen and oxygen atoms in total. The molecule has 0 radical (unpaired) electrons. The number of aromatic nitrogens is 2. The summed E-state index contributed by atoms with van der Waals surface area (Å²) in [6.07, 6.45) is 4.03. The molecule has 31 heavy (non-hydrogen) atoms. The Morgan fingerprint density at radius 1 is 1.23 bits per heavy atom. The van der Waals surface area contributed by atoms with E-state index < -0.39 is 10.2 Å². The van der Waals surface area contributed by atoms with Gasteiger partial charge in [-0.25, -0.2) is 0 Å². The quantitative estimate of drug-likeness (QED) is 0.523. The van der Waals surface area contributed by atoms with E-state index >= 15 is 0 Å². The van der Waals surface area contributed by atoms with E-state index in [9.17, 15) is 8.42 Å². The van der Waals surface area contributed by atoms with Crippen LogP contribution in [0.3, 0.4) is 0 Å². The minimum atomic E-state index is -3.55. The van der Waals surface area contributed by atoms with Crippen LogP contribution in [0.2, 0.25) is 0 Å². The van der Waals surface area contributed by atoms with E-state index in [0.29, 0.717) is 18.3 Å². The topological polar surface area (TPSA) is 93.4 Å². The van der Waals surface area contributed by atoms with Crippen molar-refractivity contribution in [3.8, 4) is 0 Å². The number of benzene rings is 2. The van der Waals surface area contributed by atoms with E-state index in [2.05, 4.69) is 37.3 Å². The molecule has 1 atom stereocenters. The number of rotatable bonds is 7. The number of hydrogen-bond acceptors (Lipinski definition) is 5. The highest BCUT2D eigenvalue weighted by atomic mass is 32.2. The zero-order valence-corrected chi connectivity index (χ0v) is 19.0. The number of H-pyrrole nitrogens is 1. The Labute approximate surface area is 183 Å². The van der Waals surface area contributed by atoms with Crippen molar-refractivity contribution in [3.63, 3.8) is 0 Å². The third-order valence-corrected chi connectivity index (χ3v) is 7.13. The Hall–Kier alpha value is -2.62. The van der Waals surface area contributed by atoms with Gasteiger partial charge in [-0.2, -0.15) is 17.8 Å². The number of piperidine rings is 1. The van der Waals surface area contributed by atoms with Crippen molar-refractivity contribution in [3.05, 3.63) is 53.7 Å². The van der Waals surface area contributed by atoms with Crippen molar-refractivity contribution in [1.82, 2.24) is 19.4 Å². The first-order valence-electron chi connectivity index (χ1n) is 10.5. The second-order valence-corrected chi connectivity index (χ2v) is 10.3. The van der Waals surface area contributed by atoms with Crippen LogP contribution in [0.4, 0.5) is 11.4 Å². The third kappa shape index (κ3) is 5.17. The fraction of sp³-hybridized carbons (Fsp3) is 0.409. The maximum atomic E-state index is 12.4. The summed E-state index contributed by atoms with van der Waals surface area (Å²) >= 11 is 0. The summed E-state index contributed by atoms with van der Waals surface area (Å²) < 4.78 is 28.7. The van der Waals surface area contributed by atoms with Gasteiger partial charge in [0.15, 0.2) is 0 Å². The Bertz CT molecular complexity index is 1160. The monoisotopic (exact) mass is 442 g/mol. The summed E-state index contributed by atoms with van der Waals surface area (Å²) in [6, 6.07) is 12.5. The maximum Gasteiger partial charge on any atom is 0.301 e. The molecular formula is C22H30N6O2S. The number of nitrogens with one attached hydrogen (secondary N) is 3. The first-order valence-corrected chi connectivity index (χ1v) is 12.0. The lowest BCUT2D eigenvalue weighted by Crippen LogP contribution is -2.41. The van der Waals surface area contributed by atoms with E-state index in [0.717, 1.165) is 53.6 Å². The number of fused-ring (bicyclic) bond motifs is 1. The minimum absolute atomic E-state index is 0.338. The molecule has 1 aliphatic rings. The fourth-order valence-electron chi connectivity index (χ4n) is 3.98. The van der Waals surface area contributed by atoms with Crippen molar-refractivity contribution < 1.29 is 8.42 Å². The highest BCUT2D eigenvalue weighted by Gasteiger charge is 2.22. The van der Waals surface area contributed by atoms with Crippen LogP contribution in [0.5, 0.6) is 0 Å². The van der Waals surface area contributed by atoms with Crippen LogP contribution in [0.1, 0.15) is 24.0 Å². The predicted molar refractivity (Wildman–Crippen MR) is 125 cm³/mol. The smallest absolute Gasteiger partial charge is 0.301 e. The molecular weight excluding hydrogens is 412 g/mol. The van der Waals surface area contributed by atoms with Gasteiger partial charge in [0.05, 0.1) is 17.4 Å². The summed E-state index contributed by atoms with van der Waals surface area (Å²) in [5, 5.41) is 11.8. The molecule has 3 aromatic rings. The van der Waals surface area contributed by atoms with E-state index in [1.54, 1.807) is 0 Å². The molecule has 1 fully saturated rings. The third-order valence-electron chi connectivity index (χ3n) is 5.70. The number of aromatic amines is 1. The summed E-state index contributed by atoms with van der Waals surface area (Å²) in [6.45, 7) is 4.56. The lowest BCUT2D eigenvalue weighted by Gasteiger charge is -2.34. The van der Waals surface area contributed by atoms with Crippen LogP contribution in [0, 0.1) is 6.92 Å². The van der Waals surface area contributed by atoms with Crippen molar-refractivity contribution in [1.29, 1.82) is 0 Å². The summed E-state index contributed by atoms with van der Waals surface area (Å²) in [7, 11) is -0.496. The van der Waals surface area contributed by atoms with Crippen molar-refractivity contribution >= 4 is 32.5 Å². The van der Waals surface area contributed by atoms with E-state index in [1.165, 1.54) is 18.4 Å². The maximum absolute atomic E-state index is 12.4. The van der Waals surface area contributed by atoms with Gasteiger partial charge in [-0.15, -0.1) is 0 Å². The van der Waals surface area contributed by atoms with Gasteiger partial charge in [0.2, 0.25) is 0 Å². The van der Waals surface area contributed by atoms with Gasteiger partial charge < -0.3 is 5.32 Å². The molecule has 0 saturated carbocycles. The molecule has 1 saturated heterocycles. The number of hydrogen-bond donors (Lipinski definition) is 3. The first-order chi connectivity index (χ1) is 14.8. The SMILES string of the molecule is Cc1ccc(CN2CCC[C@H](Nc3ccc4[nH]ncc4c3)C2)c(NS(=O)(=O)N(C)C)c1. The lowest BCUT2D eigenvalue weighted by molar-refractivity contribution is 0.209. The second-order valence-electron chi connectivity index (χ2n) is 8.44. The molecule has 0 bridgehead atoms. The van der Waals surface area contributed by atoms with Gasteiger partial charge in [0.1, 0.15) is 0 Å². The van der Waals surface area contributed by atoms with Gasteiger partial charge in [-0.05, 0) is 61.7 Å². The van der Waals surface area contributed by atoms with Gasteiger partial charge in [0, 0.05) is 44.3 Å². The normalized spacial score (nSPS) is 17.9. The summed E-state index contributed by atoms with van der Waals surface area (Å²) in [5.41, 5.74) is 4.78. The molecule has 2 aromatic carbocycles. The fourth-order valence-corrected chi connectivity index (χ4v) is 4.63. The Morgan fingerprint density at radius 3 is 2.87 bits per heavy atom. The minimum Gasteiger partial charge on any atom is -0.381 e. The molecule has 0 unspecified atom stereocenters. The van der Waals surface area contributed by atoms with E-state index in [1.807, 2.05) is 37.4 Å². The Balaban J connectivity index is 1.45. The lowest BCUT2D eigenvalue weighted by atomic mass is 10.0. The van der Waals surface area contributed by atoms with Crippen LogP contribution in [-0.4, -0.2) is 61.0 Å². The van der Waals surface area contributed by atoms with Gasteiger partial charge in [0.25, 0.3) is 0 Å². The Morgan fingerprint density at radius 2 is 2.06 bits per heavy atom. The number of likely N-dealkylation sites (tertiary alicyclic amines) is 1. The van der Waals surface area contributed by atoms with Crippen LogP contribution in [0.25, 0.3) is 10.9 Å². The summed E-state index contributed by atoms with van der Waals surface area (Å²) in [4.78, 5) is 2.38. The van der Waals surface area contributed by atoms with Crippen LogP contribution in [-0.2, 0) is 16.8 Å². The van der Waals surface area contributed by atoms with E-state index in [4.69, 9.17) is 0 Å². The van der Waals surface area contributed by atoms with E-state index in [-0.39, 0.29) is 0 Å². The largest absolute Gasteiger partial charge is 0.381 e. The number of nitrogens with zero attached hydrogens (tertiary/aromatic N) is 3.